The number of carbonyl (C=O) groups excluding carboxylic acids is 1. The van der Waals surface area contributed by atoms with Crippen LogP contribution in [0.15, 0.2) is 48.7 Å². The van der Waals surface area contributed by atoms with Gasteiger partial charge in [-0.05, 0) is 11.6 Å². The monoisotopic (exact) mass is 224 g/mol. The SMILES string of the molecule is C=COC(C)=O.ClC=Cc1ccccc1. The molecule has 0 spiro atoms. The van der Waals surface area contributed by atoms with Gasteiger partial charge in [-0.15, -0.1) is 0 Å². The van der Waals surface area contributed by atoms with E-state index in [0.717, 1.165) is 11.8 Å². The van der Waals surface area contributed by atoms with Gasteiger partial charge in [-0.3, -0.25) is 4.79 Å². The molecule has 15 heavy (non-hydrogen) atoms. The lowest BCUT2D eigenvalue weighted by molar-refractivity contribution is -0.135. The molecule has 80 valence electrons. The first-order valence-corrected chi connectivity index (χ1v) is 4.74. The van der Waals surface area contributed by atoms with Crippen LogP contribution in [-0.4, -0.2) is 5.97 Å². The molecule has 1 rings (SSSR count). The molecule has 0 aliphatic heterocycles. The van der Waals surface area contributed by atoms with Crippen molar-refractivity contribution in [3.05, 3.63) is 54.3 Å². The van der Waals surface area contributed by atoms with Crippen LogP contribution in [0.1, 0.15) is 12.5 Å². The van der Waals surface area contributed by atoms with Crippen LogP contribution < -0.4 is 0 Å². The van der Waals surface area contributed by atoms with Gasteiger partial charge in [0.15, 0.2) is 0 Å². The molecule has 3 heteroatoms. The summed E-state index contributed by atoms with van der Waals surface area (Å²) in [5.74, 6) is -0.329. The molecule has 0 amide bonds. The van der Waals surface area contributed by atoms with Crippen LogP contribution in [0, 0.1) is 0 Å². The van der Waals surface area contributed by atoms with E-state index in [2.05, 4.69) is 11.3 Å². The van der Waals surface area contributed by atoms with Gasteiger partial charge in [0.25, 0.3) is 0 Å². The standard InChI is InChI=1S/C8H7Cl.C4H6O2/c9-7-6-8-4-2-1-3-5-8;1-3-6-4(2)5/h1-7H;3H,1H2,2H3. The summed E-state index contributed by atoms with van der Waals surface area (Å²) >= 11 is 5.36. The first-order valence-electron chi connectivity index (χ1n) is 4.30. The van der Waals surface area contributed by atoms with Gasteiger partial charge in [-0.25, -0.2) is 0 Å². The highest BCUT2D eigenvalue weighted by molar-refractivity contribution is 6.27. The third-order valence-corrected chi connectivity index (χ3v) is 1.43. The van der Waals surface area contributed by atoms with E-state index in [1.54, 1.807) is 0 Å². The zero-order valence-corrected chi connectivity index (χ0v) is 9.28. The molecular formula is C12H13ClO2. The van der Waals surface area contributed by atoms with E-state index >= 15 is 0 Å². The minimum Gasteiger partial charge on any atom is -0.435 e. The molecule has 0 saturated heterocycles. The van der Waals surface area contributed by atoms with Crippen LogP contribution in [0.5, 0.6) is 0 Å². The summed E-state index contributed by atoms with van der Waals surface area (Å²) in [5, 5.41) is 0. The minimum atomic E-state index is -0.329. The maximum absolute atomic E-state index is 9.75. The van der Waals surface area contributed by atoms with E-state index in [1.807, 2.05) is 36.4 Å². The van der Waals surface area contributed by atoms with Gasteiger partial charge in [-0.2, -0.15) is 0 Å². The van der Waals surface area contributed by atoms with Crippen LogP contribution in [0.4, 0.5) is 0 Å². The summed E-state index contributed by atoms with van der Waals surface area (Å²) < 4.78 is 4.17. The van der Waals surface area contributed by atoms with Gasteiger partial charge >= 0.3 is 5.97 Å². The maximum atomic E-state index is 9.75. The van der Waals surface area contributed by atoms with Gasteiger partial charge in [0.1, 0.15) is 0 Å². The van der Waals surface area contributed by atoms with E-state index in [1.165, 1.54) is 12.5 Å². The predicted octanol–water partition coefficient (Wildman–Crippen LogP) is 3.59. The average Bonchev–Trinajstić information content (AvgIpc) is 2.20. The summed E-state index contributed by atoms with van der Waals surface area (Å²) in [7, 11) is 0. The fraction of sp³-hybridized carbons (Fsp3) is 0.0833. The Morgan fingerprint density at radius 2 is 2.00 bits per heavy atom. The molecule has 1 aromatic carbocycles. The van der Waals surface area contributed by atoms with Crippen molar-refractivity contribution in [2.75, 3.05) is 0 Å². The topological polar surface area (TPSA) is 26.3 Å². The Morgan fingerprint density at radius 1 is 1.40 bits per heavy atom. The molecule has 0 aliphatic carbocycles. The van der Waals surface area contributed by atoms with Crippen molar-refractivity contribution in [1.29, 1.82) is 0 Å². The zero-order chi connectivity index (χ0) is 11.5. The largest absolute Gasteiger partial charge is 0.435 e. The first kappa shape index (κ1) is 13.5. The van der Waals surface area contributed by atoms with Gasteiger partial charge in [-0.1, -0.05) is 48.5 Å². The maximum Gasteiger partial charge on any atom is 0.307 e. The summed E-state index contributed by atoms with van der Waals surface area (Å²) in [6.45, 7) is 4.48. The lowest BCUT2D eigenvalue weighted by atomic mass is 10.2. The van der Waals surface area contributed by atoms with Crippen molar-refractivity contribution in [2.24, 2.45) is 0 Å². The average molecular weight is 225 g/mol. The van der Waals surface area contributed by atoms with Crippen LogP contribution >= 0.6 is 11.6 Å². The molecule has 0 bridgehead atoms. The van der Waals surface area contributed by atoms with Crippen LogP contribution in [0.3, 0.4) is 0 Å². The Hall–Kier alpha value is -1.54. The third kappa shape index (κ3) is 8.78. The van der Waals surface area contributed by atoms with Crippen molar-refractivity contribution in [3.8, 4) is 0 Å². The number of halogens is 1. The zero-order valence-electron chi connectivity index (χ0n) is 8.52. The fourth-order valence-corrected chi connectivity index (χ4v) is 0.900. The predicted molar refractivity (Wildman–Crippen MR) is 63.3 cm³/mol. The van der Waals surface area contributed by atoms with Gasteiger partial charge in [0.05, 0.1) is 6.26 Å². The van der Waals surface area contributed by atoms with Crippen molar-refractivity contribution >= 4 is 23.6 Å². The molecule has 0 radical (unpaired) electrons. The molecule has 1 aromatic rings. The molecule has 2 nitrogen and oxygen atoms in total. The smallest absolute Gasteiger partial charge is 0.307 e. The lowest BCUT2D eigenvalue weighted by Gasteiger charge is -1.86. The van der Waals surface area contributed by atoms with Crippen LogP contribution in [-0.2, 0) is 9.53 Å². The second kappa shape index (κ2) is 9.03. The molecule has 0 saturated carbocycles. The number of rotatable bonds is 2. The Bertz CT molecular complexity index is 318. The summed E-state index contributed by atoms with van der Waals surface area (Å²) in [4.78, 5) is 9.75. The number of benzene rings is 1. The van der Waals surface area contributed by atoms with Crippen molar-refractivity contribution in [3.63, 3.8) is 0 Å². The Morgan fingerprint density at radius 3 is 2.33 bits per heavy atom. The first-order chi connectivity index (χ1) is 7.20. The molecule has 0 heterocycles. The molecule has 0 aliphatic rings. The second-order valence-corrected chi connectivity index (χ2v) is 2.73. The third-order valence-electron chi connectivity index (χ3n) is 1.30. The lowest BCUT2D eigenvalue weighted by Crippen LogP contribution is -1.87. The quantitative estimate of drug-likeness (QED) is 0.567. The van der Waals surface area contributed by atoms with Crippen LogP contribution in [0.2, 0.25) is 0 Å². The summed E-state index contributed by atoms with van der Waals surface area (Å²) in [5.41, 5.74) is 2.64. The number of hydrogen-bond acceptors (Lipinski definition) is 2. The second-order valence-electron chi connectivity index (χ2n) is 2.48. The van der Waals surface area contributed by atoms with Gasteiger partial charge < -0.3 is 4.74 Å². The minimum absolute atomic E-state index is 0.329. The molecule has 0 fully saturated rings. The molecule has 0 unspecified atom stereocenters. The highest BCUT2D eigenvalue weighted by Crippen LogP contribution is 2.00. The Labute approximate surface area is 94.8 Å². The Kier molecular flexibility index (Phi) is 8.10. The molecule has 0 N–H and O–H groups in total. The van der Waals surface area contributed by atoms with E-state index in [-0.39, 0.29) is 5.97 Å². The normalized spacial score (nSPS) is 8.93. The van der Waals surface area contributed by atoms with Gasteiger partial charge in [0.2, 0.25) is 0 Å². The number of esters is 1. The molecule has 0 atom stereocenters. The van der Waals surface area contributed by atoms with E-state index < -0.39 is 0 Å². The summed E-state index contributed by atoms with van der Waals surface area (Å²) in [6.07, 6.45) is 2.95. The van der Waals surface area contributed by atoms with E-state index in [0.29, 0.717) is 0 Å². The molecule has 0 aromatic heterocycles. The number of hydrogen-bond donors (Lipinski definition) is 0. The van der Waals surface area contributed by atoms with Gasteiger partial charge in [0, 0.05) is 12.5 Å². The highest BCUT2D eigenvalue weighted by Gasteiger charge is 1.79. The van der Waals surface area contributed by atoms with Crippen molar-refractivity contribution in [2.45, 2.75) is 6.92 Å². The number of carbonyl (C=O) groups is 1. The van der Waals surface area contributed by atoms with E-state index in [4.69, 9.17) is 11.6 Å². The number of ether oxygens (including phenoxy) is 1. The molecular weight excluding hydrogens is 212 g/mol. The van der Waals surface area contributed by atoms with Crippen molar-refractivity contribution in [1.82, 2.24) is 0 Å². The summed E-state index contributed by atoms with van der Waals surface area (Å²) in [6, 6.07) is 9.93. The fourth-order valence-electron chi connectivity index (χ4n) is 0.754. The highest BCUT2D eigenvalue weighted by atomic mass is 35.5. The Balaban J connectivity index is 0.000000288. The van der Waals surface area contributed by atoms with E-state index in [9.17, 15) is 4.79 Å². The van der Waals surface area contributed by atoms with Crippen LogP contribution in [0.25, 0.3) is 6.08 Å². The van der Waals surface area contributed by atoms with Crippen molar-refractivity contribution < 1.29 is 9.53 Å².